The maximum atomic E-state index is 6.19. The van der Waals surface area contributed by atoms with Gasteiger partial charge in [0.2, 0.25) is 0 Å². The van der Waals surface area contributed by atoms with Crippen LogP contribution in [0.1, 0.15) is 17.7 Å². The van der Waals surface area contributed by atoms with E-state index in [9.17, 15) is 0 Å². The zero-order chi connectivity index (χ0) is 18.4. The fourth-order valence-corrected chi connectivity index (χ4v) is 2.97. The molecule has 2 heterocycles. The average molecular weight is 389 g/mol. The van der Waals surface area contributed by atoms with E-state index >= 15 is 0 Å². The van der Waals surface area contributed by atoms with E-state index in [1.54, 1.807) is 6.20 Å². The van der Waals surface area contributed by atoms with Crippen LogP contribution in [0.2, 0.25) is 5.02 Å². The van der Waals surface area contributed by atoms with Gasteiger partial charge >= 0.3 is 0 Å². The molecule has 0 spiro atoms. The van der Waals surface area contributed by atoms with Crippen LogP contribution >= 0.6 is 23.8 Å². The van der Waals surface area contributed by atoms with E-state index in [-0.39, 0.29) is 0 Å². The van der Waals surface area contributed by atoms with Gasteiger partial charge in [-0.3, -0.25) is 9.36 Å². The number of thiocarbonyl (C=S) groups is 1. The van der Waals surface area contributed by atoms with Gasteiger partial charge in [-0.1, -0.05) is 29.8 Å². The number of hydrogen-bond donors (Lipinski definition) is 2. The number of halogens is 1. The van der Waals surface area contributed by atoms with Gasteiger partial charge in [0.25, 0.3) is 0 Å². The summed E-state index contributed by atoms with van der Waals surface area (Å²) in [4.78, 5) is 0. The Bertz CT molecular complexity index is 872. The van der Waals surface area contributed by atoms with Crippen LogP contribution in [0.25, 0.3) is 0 Å². The maximum Gasteiger partial charge on any atom is 0.170 e. The molecule has 6 nitrogen and oxygen atoms in total. The summed E-state index contributed by atoms with van der Waals surface area (Å²) in [5.41, 5.74) is 3.03. The van der Waals surface area contributed by atoms with Crippen molar-refractivity contribution in [3.05, 3.63) is 65.2 Å². The van der Waals surface area contributed by atoms with Gasteiger partial charge in [-0.2, -0.15) is 10.2 Å². The summed E-state index contributed by atoms with van der Waals surface area (Å²) in [7, 11) is 0. The molecule has 0 saturated heterocycles. The lowest BCUT2D eigenvalue weighted by Gasteiger charge is -2.09. The predicted octanol–water partition coefficient (Wildman–Crippen LogP) is 3.47. The maximum absolute atomic E-state index is 6.19. The summed E-state index contributed by atoms with van der Waals surface area (Å²) in [5, 5.41) is 16.3. The molecular formula is C18H21ClN6S. The Morgan fingerprint density at radius 2 is 2.08 bits per heavy atom. The summed E-state index contributed by atoms with van der Waals surface area (Å²) in [6, 6.07) is 9.75. The van der Waals surface area contributed by atoms with Crippen LogP contribution in [0.15, 0.2) is 48.9 Å². The van der Waals surface area contributed by atoms with Crippen molar-refractivity contribution < 1.29 is 0 Å². The molecule has 26 heavy (non-hydrogen) atoms. The lowest BCUT2D eigenvalue weighted by molar-refractivity contribution is 0.561. The van der Waals surface area contributed by atoms with Crippen LogP contribution in [0.3, 0.4) is 0 Å². The molecule has 8 heteroatoms. The molecular weight excluding hydrogens is 368 g/mol. The molecule has 0 bridgehead atoms. The minimum Gasteiger partial charge on any atom is -0.362 e. The molecule has 0 atom stereocenters. The topological polar surface area (TPSA) is 59.7 Å². The predicted molar refractivity (Wildman–Crippen MR) is 109 cm³/mol. The van der Waals surface area contributed by atoms with Crippen molar-refractivity contribution in [2.75, 3.05) is 11.9 Å². The highest BCUT2D eigenvalue weighted by atomic mass is 35.5. The van der Waals surface area contributed by atoms with Gasteiger partial charge in [0.15, 0.2) is 5.11 Å². The normalized spacial score (nSPS) is 10.7. The standard InChI is InChI=1S/C18H21ClN6S/c1-14-7-9-21-25(14)10-4-8-20-18(26)23-16-11-22-24(13-16)12-15-5-2-3-6-17(15)19/h2-3,5-7,9,11,13H,4,8,10,12H2,1H3,(H2,20,23,26). The molecule has 0 aliphatic heterocycles. The van der Waals surface area contributed by atoms with Gasteiger partial charge in [0.1, 0.15) is 0 Å². The van der Waals surface area contributed by atoms with E-state index < -0.39 is 0 Å². The molecule has 0 saturated carbocycles. The van der Waals surface area contributed by atoms with E-state index in [4.69, 9.17) is 23.8 Å². The summed E-state index contributed by atoms with van der Waals surface area (Å²) >= 11 is 11.5. The zero-order valence-corrected chi connectivity index (χ0v) is 16.1. The van der Waals surface area contributed by atoms with E-state index in [0.717, 1.165) is 41.5 Å². The Morgan fingerprint density at radius 3 is 2.85 bits per heavy atom. The first kappa shape index (κ1) is 18.4. The number of rotatable bonds is 7. The molecule has 0 aliphatic carbocycles. The second-order valence-corrected chi connectivity index (χ2v) is 6.76. The zero-order valence-electron chi connectivity index (χ0n) is 14.5. The number of aromatic nitrogens is 4. The fraction of sp³-hybridized carbons (Fsp3) is 0.278. The highest BCUT2D eigenvalue weighted by Gasteiger charge is 2.04. The first-order chi connectivity index (χ1) is 12.6. The average Bonchev–Trinajstić information content (AvgIpc) is 3.23. The largest absolute Gasteiger partial charge is 0.362 e. The van der Waals surface area contributed by atoms with E-state index in [2.05, 4.69) is 20.8 Å². The monoisotopic (exact) mass is 388 g/mol. The van der Waals surface area contributed by atoms with Crippen LogP contribution < -0.4 is 10.6 Å². The SMILES string of the molecule is Cc1ccnn1CCCNC(=S)Nc1cnn(Cc2ccccc2Cl)c1. The lowest BCUT2D eigenvalue weighted by Crippen LogP contribution is -2.29. The molecule has 0 fully saturated rings. The number of aryl methyl sites for hydroxylation is 2. The van der Waals surface area contributed by atoms with Crippen LogP contribution in [0.5, 0.6) is 0 Å². The van der Waals surface area contributed by atoms with Crippen molar-refractivity contribution in [2.45, 2.75) is 26.4 Å². The van der Waals surface area contributed by atoms with Crippen LogP contribution in [0, 0.1) is 6.92 Å². The summed E-state index contributed by atoms with van der Waals surface area (Å²) < 4.78 is 3.81. The first-order valence-electron chi connectivity index (χ1n) is 8.41. The molecule has 2 N–H and O–H groups in total. The van der Waals surface area contributed by atoms with Gasteiger partial charge in [0, 0.05) is 36.2 Å². The number of nitrogens with one attached hydrogen (secondary N) is 2. The van der Waals surface area contributed by atoms with Gasteiger partial charge in [0.05, 0.1) is 18.4 Å². The third kappa shape index (κ3) is 5.06. The minimum atomic E-state index is 0.583. The summed E-state index contributed by atoms with van der Waals surface area (Å²) in [6.45, 7) is 4.31. The number of benzene rings is 1. The second kappa shape index (κ2) is 8.82. The minimum absolute atomic E-state index is 0.583. The molecule has 136 valence electrons. The third-order valence-electron chi connectivity index (χ3n) is 3.94. The molecule has 0 unspecified atom stereocenters. The summed E-state index contributed by atoms with van der Waals surface area (Å²) in [5.74, 6) is 0. The molecule has 3 aromatic rings. The van der Waals surface area contributed by atoms with Gasteiger partial charge in [-0.25, -0.2) is 0 Å². The summed E-state index contributed by atoms with van der Waals surface area (Å²) in [6.07, 6.45) is 6.41. The van der Waals surface area contributed by atoms with Crippen molar-refractivity contribution in [3.8, 4) is 0 Å². The highest BCUT2D eigenvalue weighted by molar-refractivity contribution is 7.80. The Labute approximate surface area is 163 Å². The Balaban J connectivity index is 1.43. The molecule has 0 radical (unpaired) electrons. The molecule has 0 amide bonds. The Kier molecular flexibility index (Phi) is 6.25. The van der Waals surface area contributed by atoms with Gasteiger partial charge < -0.3 is 10.6 Å². The molecule has 3 rings (SSSR count). The molecule has 2 aromatic heterocycles. The van der Waals surface area contributed by atoms with E-state index in [1.807, 2.05) is 59.0 Å². The third-order valence-corrected chi connectivity index (χ3v) is 4.56. The number of anilines is 1. The quantitative estimate of drug-likeness (QED) is 0.479. The van der Waals surface area contributed by atoms with Crippen molar-refractivity contribution >= 4 is 34.6 Å². The second-order valence-electron chi connectivity index (χ2n) is 5.95. The van der Waals surface area contributed by atoms with Crippen LogP contribution in [-0.4, -0.2) is 31.2 Å². The van der Waals surface area contributed by atoms with Crippen LogP contribution in [-0.2, 0) is 13.1 Å². The van der Waals surface area contributed by atoms with Crippen molar-refractivity contribution in [1.29, 1.82) is 0 Å². The molecule has 1 aromatic carbocycles. The lowest BCUT2D eigenvalue weighted by atomic mass is 10.2. The van der Waals surface area contributed by atoms with Crippen molar-refractivity contribution in [1.82, 2.24) is 24.9 Å². The Hall–Kier alpha value is -2.38. The smallest absolute Gasteiger partial charge is 0.170 e. The fourth-order valence-electron chi connectivity index (χ4n) is 2.55. The van der Waals surface area contributed by atoms with E-state index in [1.165, 1.54) is 0 Å². The molecule has 0 aliphatic rings. The number of hydrogen-bond acceptors (Lipinski definition) is 3. The van der Waals surface area contributed by atoms with Crippen molar-refractivity contribution in [3.63, 3.8) is 0 Å². The number of nitrogens with zero attached hydrogens (tertiary/aromatic N) is 4. The van der Waals surface area contributed by atoms with E-state index in [0.29, 0.717) is 11.7 Å². The first-order valence-corrected chi connectivity index (χ1v) is 9.19. The Morgan fingerprint density at radius 1 is 1.23 bits per heavy atom. The van der Waals surface area contributed by atoms with Crippen molar-refractivity contribution in [2.24, 2.45) is 0 Å². The van der Waals surface area contributed by atoms with Gasteiger partial charge in [-0.15, -0.1) is 0 Å². The van der Waals surface area contributed by atoms with Gasteiger partial charge in [-0.05, 0) is 43.3 Å². The van der Waals surface area contributed by atoms with Crippen LogP contribution in [0.4, 0.5) is 5.69 Å². The highest BCUT2D eigenvalue weighted by Crippen LogP contribution is 2.16.